The Labute approximate surface area is 117 Å². The van der Waals surface area contributed by atoms with Crippen LogP contribution in [0.15, 0.2) is 16.7 Å². The smallest absolute Gasteiger partial charge is 0.270 e. The molecule has 1 aliphatic rings. The number of hydrogen-bond acceptors (Lipinski definition) is 1. The molecule has 1 amide bonds. The van der Waals surface area contributed by atoms with Crippen LogP contribution in [0.1, 0.15) is 43.6 Å². The SMILES string of the molecule is CCN(CC1CCC1)C(=O)c1cc(Br)cn1CC. The van der Waals surface area contributed by atoms with Gasteiger partial charge in [-0.05, 0) is 54.6 Å². The van der Waals surface area contributed by atoms with Crippen molar-refractivity contribution in [3.8, 4) is 0 Å². The second-order valence-electron chi connectivity index (χ2n) is 4.97. The van der Waals surface area contributed by atoms with E-state index < -0.39 is 0 Å². The Morgan fingerprint density at radius 2 is 2.22 bits per heavy atom. The maximum atomic E-state index is 12.5. The number of aryl methyl sites for hydroxylation is 1. The summed E-state index contributed by atoms with van der Waals surface area (Å²) < 4.78 is 2.99. The fraction of sp³-hybridized carbons (Fsp3) is 0.643. The van der Waals surface area contributed by atoms with Gasteiger partial charge in [-0.15, -0.1) is 0 Å². The molecule has 0 aliphatic heterocycles. The minimum absolute atomic E-state index is 0.164. The summed E-state index contributed by atoms with van der Waals surface area (Å²) >= 11 is 3.45. The monoisotopic (exact) mass is 312 g/mol. The van der Waals surface area contributed by atoms with Gasteiger partial charge in [0.1, 0.15) is 5.69 Å². The van der Waals surface area contributed by atoms with Crippen molar-refractivity contribution in [3.63, 3.8) is 0 Å². The first-order valence-corrected chi connectivity index (χ1v) is 7.60. The molecule has 0 unspecified atom stereocenters. The molecule has 0 aromatic carbocycles. The number of carbonyl (C=O) groups excluding carboxylic acids is 1. The second-order valence-corrected chi connectivity index (χ2v) is 5.89. The van der Waals surface area contributed by atoms with E-state index in [1.807, 2.05) is 21.7 Å². The number of amides is 1. The highest BCUT2D eigenvalue weighted by Gasteiger charge is 2.24. The molecule has 18 heavy (non-hydrogen) atoms. The van der Waals surface area contributed by atoms with Gasteiger partial charge >= 0.3 is 0 Å². The molecule has 1 aromatic heterocycles. The van der Waals surface area contributed by atoms with Crippen molar-refractivity contribution in [2.75, 3.05) is 13.1 Å². The van der Waals surface area contributed by atoms with Gasteiger partial charge in [-0.25, -0.2) is 0 Å². The highest BCUT2D eigenvalue weighted by molar-refractivity contribution is 9.10. The maximum absolute atomic E-state index is 12.5. The summed E-state index contributed by atoms with van der Waals surface area (Å²) in [7, 11) is 0. The van der Waals surface area contributed by atoms with E-state index in [1.54, 1.807) is 0 Å². The van der Waals surface area contributed by atoms with Crippen LogP contribution in [0, 0.1) is 5.92 Å². The van der Waals surface area contributed by atoms with Gasteiger partial charge in [-0.1, -0.05) is 6.42 Å². The molecule has 0 bridgehead atoms. The van der Waals surface area contributed by atoms with Crippen molar-refractivity contribution >= 4 is 21.8 Å². The summed E-state index contributed by atoms with van der Waals surface area (Å²) in [4.78, 5) is 14.5. The molecule has 0 N–H and O–H groups in total. The largest absolute Gasteiger partial charge is 0.343 e. The Hall–Kier alpha value is -0.770. The lowest BCUT2D eigenvalue weighted by molar-refractivity contribution is 0.0696. The lowest BCUT2D eigenvalue weighted by Crippen LogP contribution is -2.38. The van der Waals surface area contributed by atoms with E-state index in [0.29, 0.717) is 0 Å². The summed E-state index contributed by atoms with van der Waals surface area (Å²) in [6, 6.07) is 1.93. The highest BCUT2D eigenvalue weighted by atomic mass is 79.9. The standard InChI is InChI=1S/C14H21BrN2O/c1-3-16-10-12(15)8-13(16)14(18)17(4-2)9-11-6-5-7-11/h8,10-11H,3-7,9H2,1-2H3. The molecule has 3 nitrogen and oxygen atoms in total. The van der Waals surface area contributed by atoms with Crippen molar-refractivity contribution in [1.82, 2.24) is 9.47 Å². The van der Waals surface area contributed by atoms with Gasteiger partial charge in [0, 0.05) is 30.3 Å². The number of hydrogen-bond donors (Lipinski definition) is 0. The van der Waals surface area contributed by atoms with Crippen molar-refractivity contribution < 1.29 is 4.79 Å². The molecule has 4 heteroatoms. The molecule has 2 rings (SSSR count). The Bertz CT molecular complexity index is 423. The average Bonchev–Trinajstić information content (AvgIpc) is 2.68. The topological polar surface area (TPSA) is 25.2 Å². The Balaban J connectivity index is 2.11. The first-order valence-electron chi connectivity index (χ1n) is 6.80. The third-order valence-electron chi connectivity index (χ3n) is 3.80. The molecular weight excluding hydrogens is 292 g/mol. The number of nitrogens with zero attached hydrogens (tertiary/aromatic N) is 2. The van der Waals surface area contributed by atoms with Crippen molar-refractivity contribution in [2.24, 2.45) is 5.92 Å². The van der Waals surface area contributed by atoms with Crippen LogP contribution < -0.4 is 0 Å². The molecule has 1 aliphatic carbocycles. The number of rotatable bonds is 5. The molecule has 0 atom stereocenters. The second kappa shape index (κ2) is 5.91. The third-order valence-corrected chi connectivity index (χ3v) is 4.23. The van der Waals surface area contributed by atoms with Gasteiger partial charge in [0.2, 0.25) is 0 Å². The van der Waals surface area contributed by atoms with E-state index in [4.69, 9.17) is 0 Å². The summed E-state index contributed by atoms with van der Waals surface area (Å²) in [5, 5.41) is 0. The molecule has 1 heterocycles. The fourth-order valence-electron chi connectivity index (χ4n) is 2.42. The molecule has 100 valence electrons. The maximum Gasteiger partial charge on any atom is 0.270 e. The van der Waals surface area contributed by atoms with E-state index >= 15 is 0 Å². The van der Waals surface area contributed by atoms with E-state index in [1.165, 1.54) is 19.3 Å². The van der Waals surface area contributed by atoms with E-state index in [9.17, 15) is 4.79 Å². The number of carbonyl (C=O) groups is 1. The Morgan fingerprint density at radius 1 is 1.50 bits per heavy atom. The fourth-order valence-corrected chi connectivity index (χ4v) is 2.88. The van der Waals surface area contributed by atoms with Crippen LogP contribution in [0.3, 0.4) is 0 Å². The summed E-state index contributed by atoms with van der Waals surface area (Å²) in [6.07, 6.45) is 5.86. The zero-order valence-electron chi connectivity index (χ0n) is 11.2. The molecule has 0 spiro atoms. The minimum Gasteiger partial charge on any atom is -0.343 e. The zero-order chi connectivity index (χ0) is 13.1. The van der Waals surface area contributed by atoms with Crippen molar-refractivity contribution in [3.05, 3.63) is 22.4 Å². The van der Waals surface area contributed by atoms with Crippen LogP contribution in [0.5, 0.6) is 0 Å². The van der Waals surface area contributed by atoms with Crippen molar-refractivity contribution in [1.29, 1.82) is 0 Å². The predicted octanol–water partition coefficient (Wildman–Crippen LogP) is 3.53. The molecule has 0 radical (unpaired) electrons. The predicted molar refractivity (Wildman–Crippen MR) is 76.7 cm³/mol. The normalized spacial score (nSPS) is 15.5. The Morgan fingerprint density at radius 3 is 2.72 bits per heavy atom. The zero-order valence-corrected chi connectivity index (χ0v) is 12.7. The summed E-state index contributed by atoms with van der Waals surface area (Å²) in [5.41, 5.74) is 0.797. The lowest BCUT2D eigenvalue weighted by atomic mass is 9.85. The van der Waals surface area contributed by atoms with Crippen LogP contribution in [0.2, 0.25) is 0 Å². The summed E-state index contributed by atoms with van der Waals surface area (Å²) in [6.45, 7) is 6.66. The third kappa shape index (κ3) is 2.79. The molecule has 0 saturated heterocycles. The van der Waals surface area contributed by atoms with Gasteiger partial charge in [-0.2, -0.15) is 0 Å². The summed E-state index contributed by atoms with van der Waals surface area (Å²) in [5.74, 6) is 0.888. The number of halogens is 1. The lowest BCUT2D eigenvalue weighted by Gasteiger charge is -2.31. The van der Waals surface area contributed by atoms with E-state index in [2.05, 4.69) is 29.8 Å². The van der Waals surface area contributed by atoms with Gasteiger partial charge in [-0.3, -0.25) is 4.79 Å². The van der Waals surface area contributed by atoms with Gasteiger partial charge in [0.15, 0.2) is 0 Å². The minimum atomic E-state index is 0.164. The van der Waals surface area contributed by atoms with Crippen LogP contribution in [0.4, 0.5) is 0 Å². The Kier molecular flexibility index (Phi) is 4.49. The first-order chi connectivity index (χ1) is 8.65. The van der Waals surface area contributed by atoms with Crippen molar-refractivity contribution in [2.45, 2.75) is 39.7 Å². The van der Waals surface area contributed by atoms with E-state index in [-0.39, 0.29) is 5.91 Å². The van der Waals surface area contributed by atoms with Crippen LogP contribution >= 0.6 is 15.9 Å². The van der Waals surface area contributed by atoms with Crippen LogP contribution in [0.25, 0.3) is 0 Å². The average molecular weight is 313 g/mol. The first kappa shape index (κ1) is 13.7. The number of aromatic nitrogens is 1. The van der Waals surface area contributed by atoms with Gasteiger partial charge in [0.05, 0.1) is 0 Å². The molecule has 1 aromatic rings. The van der Waals surface area contributed by atoms with Gasteiger partial charge < -0.3 is 9.47 Å². The van der Waals surface area contributed by atoms with Crippen LogP contribution in [-0.2, 0) is 6.54 Å². The highest BCUT2D eigenvalue weighted by Crippen LogP contribution is 2.27. The molecule has 1 fully saturated rings. The van der Waals surface area contributed by atoms with Crippen LogP contribution in [-0.4, -0.2) is 28.5 Å². The molecule has 1 saturated carbocycles. The van der Waals surface area contributed by atoms with E-state index in [0.717, 1.165) is 35.7 Å². The molecular formula is C14H21BrN2O. The van der Waals surface area contributed by atoms with Gasteiger partial charge in [0.25, 0.3) is 5.91 Å². The quantitative estimate of drug-likeness (QED) is 0.816.